The molecule has 0 spiro atoms. The average Bonchev–Trinajstić information content (AvgIpc) is 3.30. The van der Waals surface area contributed by atoms with Gasteiger partial charge >= 0.3 is 5.97 Å². The van der Waals surface area contributed by atoms with Gasteiger partial charge in [0, 0.05) is 6.04 Å². The van der Waals surface area contributed by atoms with E-state index in [1.54, 1.807) is 0 Å². The number of carboxylic acids is 1. The maximum absolute atomic E-state index is 11.0. The Labute approximate surface area is 122 Å². The van der Waals surface area contributed by atoms with Crippen molar-refractivity contribution in [1.82, 2.24) is 5.32 Å². The minimum Gasteiger partial charge on any atom is -0.481 e. The summed E-state index contributed by atoms with van der Waals surface area (Å²) in [6.07, 6.45) is 12.6. The molecule has 3 saturated carbocycles. The lowest BCUT2D eigenvalue weighted by atomic mass is 9.80. The van der Waals surface area contributed by atoms with Crippen molar-refractivity contribution in [2.45, 2.75) is 70.3 Å². The minimum atomic E-state index is -0.587. The number of rotatable bonds is 5. The Kier molecular flexibility index (Phi) is 4.65. The van der Waals surface area contributed by atoms with Gasteiger partial charge in [-0.05, 0) is 75.7 Å². The largest absolute Gasteiger partial charge is 0.481 e. The van der Waals surface area contributed by atoms with Gasteiger partial charge in [0.25, 0.3) is 0 Å². The van der Waals surface area contributed by atoms with E-state index >= 15 is 0 Å². The van der Waals surface area contributed by atoms with Gasteiger partial charge in [-0.2, -0.15) is 0 Å². The molecule has 2 unspecified atom stereocenters. The molecular weight excluding hydrogens is 250 g/mol. The molecule has 2 N–H and O–H groups in total. The summed E-state index contributed by atoms with van der Waals surface area (Å²) in [6.45, 7) is 1.12. The number of hydrogen-bond donors (Lipinski definition) is 2. The van der Waals surface area contributed by atoms with E-state index in [-0.39, 0.29) is 5.92 Å². The van der Waals surface area contributed by atoms with Crippen molar-refractivity contribution >= 4 is 5.97 Å². The van der Waals surface area contributed by atoms with Crippen LogP contribution in [0.5, 0.6) is 0 Å². The second-order valence-electron chi connectivity index (χ2n) is 7.43. The Morgan fingerprint density at radius 2 is 1.70 bits per heavy atom. The van der Waals surface area contributed by atoms with E-state index in [2.05, 4.69) is 5.32 Å². The molecule has 2 atom stereocenters. The summed E-state index contributed by atoms with van der Waals surface area (Å²) in [6, 6.07) is 0.742. The van der Waals surface area contributed by atoms with E-state index in [0.717, 1.165) is 50.1 Å². The molecule has 3 aliphatic rings. The molecule has 0 bridgehead atoms. The Hall–Kier alpha value is -0.570. The van der Waals surface area contributed by atoms with Crippen LogP contribution in [0, 0.1) is 23.7 Å². The normalized spacial score (nSPS) is 38.6. The molecule has 3 nitrogen and oxygen atoms in total. The molecule has 0 aromatic heterocycles. The van der Waals surface area contributed by atoms with Gasteiger partial charge in [0.15, 0.2) is 0 Å². The molecule has 0 heterocycles. The van der Waals surface area contributed by atoms with E-state index < -0.39 is 5.97 Å². The summed E-state index contributed by atoms with van der Waals surface area (Å²) in [5.74, 6) is 2.12. The predicted octanol–water partition coefficient (Wildman–Crippen LogP) is 3.44. The van der Waals surface area contributed by atoms with E-state index in [1.165, 1.54) is 38.5 Å². The van der Waals surface area contributed by atoms with E-state index in [4.69, 9.17) is 5.11 Å². The first-order valence-electron chi connectivity index (χ1n) is 8.68. The van der Waals surface area contributed by atoms with E-state index in [9.17, 15) is 4.79 Å². The fraction of sp³-hybridized carbons (Fsp3) is 0.941. The van der Waals surface area contributed by atoms with Gasteiger partial charge in [-0.15, -0.1) is 0 Å². The number of carboxylic acid groups (broad SMARTS) is 1. The van der Waals surface area contributed by atoms with Crippen molar-refractivity contribution in [3.63, 3.8) is 0 Å². The van der Waals surface area contributed by atoms with E-state index in [0.29, 0.717) is 5.92 Å². The first-order chi connectivity index (χ1) is 9.72. The smallest absolute Gasteiger partial charge is 0.306 e. The Morgan fingerprint density at radius 1 is 0.950 bits per heavy atom. The molecule has 0 amide bonds. The van der Waals surface area contributed by atoms with Crippen LogP contribution in [0.1, 0.15) is 64.2 Å². The SMILES string of the molecule is O=C(O)C1CCC(CNC2CCCC(C3CC3)C2)CC1. The van der Waals surface area contributed by atoms with Gasteiger partial charge in [-0.1, -0.05) is 12.8 Å². The van der Waals surface area contributed by atoms with Gasteiger partial charge < -0.3 is 10.4 Å². The second kappa shape index (κ2) is 6.46. The summed E-state index contributed by atoms with van der Waals surface area (Å²) in [5.41, 5.74) is 0. The van der Waals surface area contributed by atoms with Crippen LogP contribution < -0.4 is 5.32 Å². The second-order valence-corrected chi connectivity index (χ2v) is 7.43. The Bertz CT molecular complexity index is 332. The van der Waals surface area contributed by atoms with Crippen LogP contribution >= 0.6 is 0 Å². The summed E-state index contributed by atoms with van der Waals surface area (Å²) in [7, 11) is 0. The van der Waals surface area contributed by atoms with Crippen molar-refractivity contribution in [1.29, 1.82) is 0 Å². The average molecular weight is 279 g/mol. The van der Waals surface area contributed by atoms with Crippen LogP contribution in [-0.4, -0.2) is 23.7 Å². The summed E-state index contributed by atoms with van der Waals surface area (Å²) in [4.78, 5) is 11.0. The fourth-order valence-corrected chi connectivity index (χ4v) is 4.36. The molecule has 3 heteroatoms. The molecule has 3 fully saturated rings. The molecule has 0 aliphatic heterocycles. The lowest BCUT2D eigenvalue weighted by Crippen LogP contribution is -2.38. The van der Waals surface area contributed by atoms with Crippen molar-refractivity contribution in [3.8, 4) is 0 Å². The Balaban J connectivity index is 1.36. The maximum atomic E-state index is 11.0. The van der Waals surface area contributed by atoms with Gasteiger partial charge in [0.1, 0.15) is 0 Å². The lowest BCUT2D eigenvalue weighted by molar-refractivity contribution is -0.143. The standard InChI is InChI=1S/C17H29NO2/c19-17(20)14-6-4-12(5-7-14)11-18-16-3-1-2-15(10-16)13-8-9-13/h12-16,18H,1-11H2,(H,19,20). The third-order valence-corrected chi connectivity index (χ3v) is 5.89. The third kappa shape index (κ3) is 3.75. The van der Waals surface area contributed by atoms with Gasteiger partial charge in [0.05, 0.1) is 5.92 Å². The summed E-state index contributed by atoms with van der Waals surface area (Å²) < 4.78 is 0. The molecule has 3 aliphatic carbocycles. The van der Waals surface area contributed by atoms with Gasteiger partial charge in [-0.3, -0.25) is 4.79 Å². The zero-order valence-electron chi connectivity index (χ0n) is 12.5. The molecule has 3 rings (SSSR count). The fourth-order valence-electron chi connectivity index (χ4n) is 4.36. The summed E-state index contributed by atoms with van der Waals surface area (Å²) in [5, 5.41) is 12.8. The van der Waals surface area contributed by atoms with Crippen molar-refractivity contribution < 1.29 is 9.90 Å². The highest BCUT2D eigenvalue weighted by Gasteiger charge is 2.34. The van der Waals surface area contributed by atoms with Crippen molar-refractivity contribution in [2.75, 3.05) is 6.54 Å². The number of hydrogen-bond acceptors (Lipinski definition) is 2. The van der Waals surface area contributed by atoms with Crippen molar-refractivity contribution in [3.05, 3.63) is 0 Å². The number of nitrogens with one attached hydrogen (secondary N) is 1. The van der Waals surface area contributed by atoms with Gasteiger partial charge in [0.2, 0.25) is 0 Å². The highest BCUT2D eigenvalue weighted by atomic mass is 16.4. The van der Waals surface area contributed by atoms with Crippen LogP contribution in [-0.2, 0) is 4.79 Å². The number of aliphatic carboxylic acids is 1. The molecule has 0 aromatic rings. The topological polar surface area (TPSA) is 49.3 Å². The van der Waals surface area contributed by atoms with E-state index in [1.807, 2.05) is 0 Å². The van der Waals surface area contributed by atoms with Crippen LogP contribution in [0.25, 0.3) is 0 Å². The Morgan fingerprint density at radius 3 is 2.35 bits per heavy atom. The molecule has 20 heavy (non-hydrogen) atoms. The third-order valence-electron chi connectivity index (χ3n) is 5.89. The predicted molar refractivity (Wildman–Crippen MR) is 79.6 cm³/mol. The lowest BCUT2D eigenvalue weighted by Gasteiger charge is -2.32. The minimum absolute atomic E-state index is 0.0693. The maximum Gasteiger partial charge on any atom is 0.306 e. The molecule has 0 radical (unpaired) electrons. The van der Waals surface area contributed by atoms with Gasteiger partial charge in [-0.25, -0.2) is 0 Å². The molecule has 114 valence electrons. The van der Waals surface area contributed by atoms with Crippen LogP contribution in [0.15, 0.2) is 0 Å². The molecular formula is C17H29NO2. The quantitative estimate of drug-likeness (QED) is 0.810. The molecule has 0 saturated heterocycles. The summed E-state index contributed by atoms with van der Waals surface area (Å²) >= 11 is 0. The van der Waals surface area contributed by atoms with Crippen LogP contribution in [0.4, 0.5) is 0 Å². The highest BCUT2D eigenvalue weighted by Crippen LogP contribution is 2.44. The highest BCUT2D eigenvalue weighted by molar-refractivity contribution is 5.69. The monoisotopic (exact) mass is 279 g/mol. The van der Waals surface area contributed by atoms with Crippen LogP contribution in [0.3, 0.4) is 0 Å². The number of carbonyl (C=O) groups is 1. The molecule has 0 aromatic carbocycles. The zero-order valence-corrected chi connectivity index (χ0v) is 12.5. The van der Waals surface area contributed by atoms with Crippen LogP contribution in [0.2, 0.25) is 0 Å². The first kappa shape index (κ1) is 14.4. The first-order valence-corrected chi connectivity index (χ1v) is 8.68. The van der Waals surface area contributed by atoms with Crippen molar-refractivity contribution in [2.24, 2.45) is 23.7 Å². The zero-order chi connectivity index (χ0) is 13.9.